The molecule has 8 nitrogen and oxygen atoms in total. The molecular weight excluding hydrogens is 404 g/mol. The third-order valence-corrected chi connectivity index (χ3v) is 5.60. The Balaban J connectivity index is 1.90. The first-order chi connectivity index (χ1) is 14.7. The first-order valence-corrected chi connectivity index (χ1v) is 10.2. The standard InChI is InChI=1S/C23H28O8/c1-12-6-7-17(29-15(4)24)13(2)9-19-21(14(3)22(25)30-19)18(8-12)31-23(26)16-10-20(27-5)28-11-16/h6,9-10,17-21H,3,7-8,11H2,1-2,4-5H3/b12-6+,13-9-/t17-,18+,19+,20-,21+/m0/s1. The number of hydrogen-bond acceptors (Lipinski definition) is 8. The molecule has 0 saturated carbocycles. The maximum atomic E-state index is 12.8. The molecule has 31 heavy (non-hydrogen) atoms. The normalized spacial score (nSPS) is 34.5. The van der Waals surface area contributed by atoms with E-state index in [0.717, 1.165) is 11.1 Å². The van der Waals surface area contributed by atoms with Crippen LogP contribution in [0.25, 0.3) is 0 Å². The number of esters is 3. The Hall–Kier alpha value is -2.71. The fourth-order valence-electron chi connectivity index (χ4n) is 3.93. The van der Waals surface area contributed by atoms with Crippen LogP contribution in [-0.2, 0) is 38.1 Å². The van der Waals surface area contributed by atoms with Crippen molar-refractivity contribution in [3.63, 3.8) is 0 Å². The van der Waals surface area contributed by atoms with Crippen molar-refractivity contribution in [3.8, 4) is 0 Å². The molecule has 0 aromatic rings. The number of fused-ring (bicyclic) bond motifs is 1. The van der Waals surface area contributed by atoms with E-state index in [1.807, 2.05) is 19.9 Å². The van der Waals surface area contributed by atoms with E-state index in [4.69, 9.17) is 23.7 Å². The fourth-order valence-corrected chi connectivity index (χ4v) is 3.93. The monoisotopic (exact) mass is 432 g/mol. The van der Waals surface area contributed by atoms with Crippen LogP contribution in [0, 0.1) is 5.92 Å². The Labute approximate surface area is 181 Å². The minimum atomic E-state index is -0.678. The second-order valence-corrected chi connectivity index (χ2v) is 7.97. The minimum Gasteiger partial charge on any atom is -0.458 e. The average molecular weight is 432 g/mol. The molecule has 3 rings (SSSR count). The summed E-state index contributed by atoms with van der Waals surface area (Å²) in [6.07, 6.45) is 3.73. The highest BCUT2D eigenvalue weighted by molar-refractivity contribution is 5.92. The van der Waals surface area contributed by atoms with Gasteiger partial charge >= 0.3 is 17.9 Å². The summed E-state index contributed by atoms with van der Waals surface area (Å²) in [7, 11) is 1.48. The largest absolute Gasteiger partial charge is 0.458 e. The van der Waals surface area contributed by atoms with Gasteiger partial charge in [0.2, 0.25) is 0 Å². The molecule has 8 heteroatoms. The van der Waals surface area contributed by atoms with Gasteiger partial charge in [-0.15, -0.1) is 0 Å². The lowest BCUT2D eigenvalue weighted by molar-refractivity contribution is -0.148. The van der Waals surface area contributed by atoms with Gasteiger partial charge in [0.15, 0.2) is 6.29 Å². The number of carbonyl (C=O) groups is 3. The summed E-state index contributed by atoms with van der Waals surface area (Å²) in [6.45, 7) is 9.05. The summed E-state index contributed by atoms with van der Waals surface area (Å²) >= 11 is 0. The van der Waals surface area contributed by atoms with Crippen molar-refractivity contribution < 1.29 is 38.1 Å². The second-order valence-electron chi connectivity index (χ2n) is 7.97. The Morgan fingerprint density at radius 3 is 2.58 bits per heavy atom. The molecule has 0 bridgehead atoms. The molecule has 1 aliphatic carbocycles. The van der Waals surface area contributed by atoms with Gasteiger partial charge in [-0.25, -0.2) is 9.59 Å². The molecule has 5 atom stereocenters. The van der Waals surface area contributed by atoms with E-state index in [2.05, 4.69) is 6.58 Å². The van der Waals surface area contributed by atoms with Crippen LogP contribution in [0.1, 0.15) is 33.6 Å². The fraction of sp³-hybridized carbons (Fsp3) is 0.522. The van der Waals surface area contributed by atoms with Gasteiger partial charge in [-0.3, -0.25) is 4.79 Å². The van der Waals surface area contributed by atoms with Crippen LogP contribution < -0.4 is 0 Å². The highest BCUT2D eigenvalue weighted by atomic mass is 16.7. The van der Waals surface area contributed by atoms with E-state index < -0.39 is 48.4 Å². The van der Waals surface area contributed by atoms with Crippen molar-refractivity contribution >= 4 is 17.9 Å². The SMILES string of the molecule is C=C1C(=O)O[C@@H]2/C=C(/C)[C@@H](OC(C)=O)C/C=C(\C)C[C@@H](OC(=O)C3=C[C@@H](OC)OC3)[C@@H]12. The van der Waals surface area contributed by atoms with E-state index in [1.165, 1.54) is 14.0 Å². The number of ether oxygens (including phenoxy) is 5. The molecule has 0 aromatic carbocycles. The van der Waals surface area contributed by atoms with Crippen molar-refractivity contribution in [3.05, 3.63) is 47.1 Å². The number of methoxy groups -OCH3 is 1. The summed E-state index contributed by atoms with van der Waals surface area (Å²) in [5.41, 5.74) is 2.29. The molecule has 1 saturated heterocycles. The van der Waals surface area contributed by atoms with E-state index in [-0.39, 0.29) is 12.2 Å². The van der Waals surface area contributed by atoms with E-state index in [1.54, 1.807) is 12.2 Å². The Morgan fingerprint density at radius 2 is 1.94 bits per heavy atom. The minimum absolute atomic E-state index is 0.0897. The maximum Gasteiger partial charge on any atom is 0.336 e. The molecule has 2 aliphatic heterocycles. The van der Waals surface area contributed by atoms with Crippen molar-refractivity contribution in [1.29, 1.82) is 0 Å². The average Bonchev–Trinajstić information content (AvgIpc) is 3.29. The lowest BCUT2D eigenvalue weighted by atomic mass is 9.85. The second kappa shape index (κ2) is 9.62. The summed E-state index contributed by atoms with van der Waals surface area (Å²) in [5, 5.41) is 0. The number of hydrogen-bond donors (Lipinski definition) is 0. The zero-order chi connectivity index (χ0) is 22.7. The highest BCUT2D eigenvalue weighted by Crippen LogP contribution is 2.37. The van der Waals surface area contributed by atoms with E-state index in [9.17, 15) is 14.4 Å². The quantitative estimate of drug-likeness (QED) is 0.289. The zero-order valence-corrected chi connectivity index (χ0v) is 18.2. The van der Waals surface area contributed by atoms with Crippen molar-refractivity contribution in [2.24, 2.45) is 5.92 Å². The predicted molar refractivity (Wildman–Crippen MR) is 110 cm³/mol. The summed E-state index contributed by atoms with van der Waals surface area (Å²) in [5.74, 6) is -2.02. The first-order valence-electron chi connectivity index (χ1n) is 10.2. The van der Waals surface area contributed by atoms with Crippen LogP contribution >= 0.6 is 0 Å². The van der Waals surface area contributed by atoms with Gasteiger partial charge in [0.05, 0.1) is 18.1 Å². The Kier molecular flexibility index (Phi) is 7.12. The first kappa shape index (κ1) is 23.0. The molecule has 0 radical (unpaired) electrons. The van der Waals surface area contributed by atoms with Gasteiger partial charge in [-0.1, -0.05) is 18.2 Å². The van der Waals surface area contributed by atoms with Gasteiger partial charge < -0.3 is 23.7 Å². The van der Waals surface area contributed by atoms with Crippen LogP contribution in [0.15, 0.2) is 47.1 Å². The smallest absolute Gasteiger partial charge is 0.336 e. The van der Waals surface area contributed by atoms with Crippen LogP contribution in [0.5, 0.6) is 0 Å². The van der Waals surface area contributed by atoms with E-state index in [0.29, 0.717) is 18.4 Å². The Morgan fingerprint density at radius 1 is 1.19 bits per heavy atom. The molecule has 0 unspecified atom stereocenters. The van der Waals surface area contributed by atoms with Crippen LogP contribution in [0.4, 0.5) is 0 Å². The van der Waals surface area contributed by atoms with Crippen molar-refractivity contribution in [1.82, 2.24) is 0 Å². The lowest BCUT2D eigenvalue weighted by Crippen LogP contribution is -2.34. The summed E-state index contributed by atoms with van der Waals surface area (Å²) in [4.78, 5) is 36.6. The third-order valence-electron chi connectivity index (χ3n) is 5.60. The van der Waals surface area contributed by atoms with Gasteiger partial charge in [0, 0.05) is 32.4 Å². The summed E-state index contributed by atoms with van der Waals surface area (Å²) < 4.78 is 27.2. The molecule has 0 N–H and O–H groups in total. The maximum absolute atomic E-state index is 12.8. The predicted octanol–water partition coefficient (Wildman–Crippen LogP) is 2.54. The van der Waals surface area contributed by atoms with Gasteiger partial charge in [0.1, 0.15) is 18.3 Å². The van der Waals surface area contributed by atoms with Crippen LogP contribution in [0.2, 0.25) is 0 Å². The van der Waals surface area contributed by atoms with Crippen LogP contribution in [0.3, 0.4) is 0 Å². The van der Waals surface area contributed by atoms with Crippen molar-refractivity contribution in [2.75, 3.05) is 13.7 Å². The van der Waals surface area contributed by atoms with Gasteiger partial charge in [0.25, 0.3) is 0 Å². The molecule has 3 aliphatic rings. The third kappa shape index (κ3) is 5.32. The highest BCUT2D eigenvalue weighted by Gasteiger charge is 2.45. The number of rotatable bonds is 4. The molecule has 1 fully saturated rings. The molecule has 0 spiro atoms. The molecule has 168 valence electrons. The van der Waals surface area contributed by atoms with Crippen molar-refractivity contribution in [2.45, 2.75) is 58.2 Å². The number of carbonyl (C=O) groups excluding carboxylic acids is 3. The van der Waals surface area contributed by atoms with Crippen LogP contribution in [-0.4, -0.2) is 56.2 Å². The van der Waals surface area contributed by atoms with Gasteiger partial charge in [-0.05, 0) is 31.6 Å². The molecular formula is C23H28O8. The van der Waals surface area contributed by atoms with Gasteiger partial charge in [-0.2, -0.15) is 0 Å². The summed E-state index contributed by atoms with van der Waals surface area (Å²) in [6, 6.07) is 0. The van der Waals surface area contributed by atoms with E-state index >= 15 is 0 Å². The topological polar surface area (TPSA) is 97.4 Å². The molecule has 0 aromatic heterocycles. The molecule has 2 heterocycles. The zero-order valence-electron chi connectivity index (χ0n) is 18.2. The Bertz CT molecular complexity index is 865. The molecule has 0 amide bonds. The lowest BCUT2D eigenvalue weighted by Gasteiger charge is -2.28.